The Labute approximate surface area is 192 Å². The number of ether oxygens (including phenoxy) is 3. The number of halogens is 1. The van der Waals surface area contributed by atoms with Crippen molar-refractivity contribution < 1.29 is 28.9 Å². The predicted octanol–water partition coefficient (Wildman–Crippen LogP) is 4.20. The summed E-state index contributed by atoms with van der Waals surface area (Å²) < 4.78 is 16.0. The third-order valence-electron chi connectivity index (χ3n) is 5.18. The minimum atomic E-state index is -0.779. The van der Waals surface area contributed by atoms with Crippen LogP contribution < -0.4 is 9.47 Å². The fraction of sp³-hybridized carbons (Fsp3) is 0.333. The Bertz CT molecular complexity index is 1030. The van der Waals surface area contributed by atoms with Gasteiger partial charge in [0.2, 0.25) is 0 Å². The van der Waals surface area contributed by atoms with Gasteiger partial charge in [-0.05, 0) is 49.7 Å². The fourth-order valence-electron chi connectivity index (χ4n) is 3.59. The average molecular weight is 460 g/mol. The van der Waals surface area contributed by atoms with Crippen LogP contribution in [-0.4, -0.2) is 55.2 Å². The molecule has 0 aliphatic carbocycles. The summed E-state index contributed by atoms with van der Waals surface area (Å²) in [6.45, 7) is 4.23. The molecule has 8 heteroatoms. The number of amides is 1. The number of benzene rings is 2. The van der Waals surface area contributed by atoms with Crippen molar-refractivity contribution in [2.75, 3.05) is 27.4 Å². The van der Waals surface area contributed by atoms with Gasteiger partial charge in [-0.25, -0.2) is 0 Å². The van der Waals surface area contributed by atoms with Gasteiger partial charge in [-0.1, -0.05) is 23.7 Å². The van der Waals surface area contributed by atoms with Gasteiger partial charge in [0.05, 0.1) is 43.6 Å². The van der Waals surface area contributed by atoms with Gasteiger partial charge in [-0.2, -0.15) is 0 Å². The molecule has 1 saturated heterocycles. The second kappa shape index (κ2) is 10.1. The van der Waals surface area contributed by atoms with Crippen molar-refractivity contribution >= 4 is 29.1 Å². The number of rotatable bonds is 8. The van der Waals surface area contributed by atoms with Crippen molar-refractivity contribution in [3.8, 4) is 11.5 Å². The monoisotopic (exact) mass is 459 g/mol. The van der Waals surface area contributed by atoms with E-state index in [9.17, 15) is 14.7 Å². The van der Waals surface area contributed by atoms with Crippen molar-refractivity contribution in [2.45, 2.75) is 26.0 Å². The van der Waals surface area contributed by atoms with Gasteiger partial charge in [0, 0.05) is 12.1 Å². The molecule has 32 heavy (non-hydrogen) atoms. The Kier molecular flexibility index (Phi) is 7.43. The molecule has 2 aromatic rings. The average Bonchev–Trinajstić information content (AvgIpc) is 3.03. The minimum Gasteiger partial charge on any atom is -0.507 e. The number of likely N-dealkylation sites (tertiary alicyclic amines) is 1. The highest BCUT2D eigenvalue weighted by Gasteiger charge is 2.46. The van der Waals surface area contributed by atoms with Crippen molar-refractivity contribution in [2.24, 2.45) is 0 Å². The molecule has 170 valence electrons. The summed E-state index contributed by atoms with van der Waals surface area (Å²) in [5.41, 5.74) is 0.979. The van der Waals surface area contributed by atoms with Crippen LogP contribution in [0.15, 0.2) is 48.0 Å². The van der Waals surface area contributed by atoms with Crippen LogP contribution >= 0.6 is 11.6 Å². The maximum Gasteiger partial charge on any atom is 0.295 e. The number of aliphatic hydroxyl groups is 1. The van der Waals surface area contributed by atoms with E-state index in [2.05, 4.69) is 0 Å². The SMILES string of the molecule is COc1ccc(C2/C(=C(/O)c3ccc(Cl)c(OC)c3)C(=O)C(=O)N2CCOC(C)C)cc1. The molecule has 3 rings (SSSR count). The topological polar surface area (TPSA) is 85.3 Å². The highest BCUT2D eigenvalue weighted by molar-refractivity contribution is 6.46. The standard InChI is InChI=1S/C24H26ClNO6/c1-14(2)32-12-11-26-21(15-5-8-17(30-3)9-6-15)20(23(28)24(26)29)22(27)16-7-10-18(25)19(13-16)31-4/h5-10,13-14,21,27H,11-12H2,1-4H3/b22-20-. The highest BCUT2D eigenvalue weighted by Crippen LogP contribution is 2.40. The second-order valence-corrected chi connectivity index (χ2v) is 7.94. The molecule has 1 aliphatic heterocycles. The zero-order valence-corrected chi connectivity index (χ0v) is 19.2. The van der Waals surface area contributed by atoms with E-state index < -0.39 is 17.7 Å². The molecule has 1 atom stereocenters. The molecule has 0 spiro atoms. The van der Waals surface area contributed by atoms with Crippen molar-refractivity contribution in [1.29, 1.82) is 0 Å². The van der Waals surface area contributed by atoms with Gasteiger partial charge >= 0.3 is 0 Å². The molecule has 1 N–H and O–H groups in total. The summed E-state index contributed by atoms with van der Waals surface area (Å²) >= 11 is 6.09. The van der Waals surface area contributed by atoms with E-state index in [1.165, 1.54) is 18.1 Å². The van der Waals surface area contributed by atoms with E-state index in [1.807, 2.05) is 13.8 Å². The van der Waals surface area contributed by atoms with Crippen LogP contribution in [0.1, 0.15) is 31.0 Å². The zero-order valence-electron chi connectivity index (χ0n) is 18.4. The predicted molar refractivity (Wildman–Crippen MR) is 121 cm³/mol. The maximum atomic E-state index is 13.0. The lowest BCUT2D eigenvalue weighted by Gasteiger charge is -2.25. The van der Waals surface area contributed by atoms with Crippen molar-refractivity contribution in [1.82, 2.24) is 4.90 Å². The van der Waals surface area contributed by atoms with E-state index in [4.69, 9.17) is 25.8 Å². The smallest absolute Gasteiger partial charge is 0.295 e. The largest absolute Gasteiger partial charge is 0.507 e. The number of hydrogen-bond donors (Lipinski definition) is 1. The number of nitrogens with zero attached hydrogens (tertiary/aromatic N) is 1. The van der Waals surface area contributed by atoms with Crippen LogP contribution in [0.3, 0.4) is 0 Å². The number of aliphatic hydroxyl groups excluding tert-OH is 1. The van der Waals surface area contributed by atoms with Crippen LogP contribution in [-0.2, 0) is 14.3 Å². The second-order valence-electron chi connectivity index (χ2n) is 7.53. The van der Waals surface area contributed by atoms with Crippen LogP contribution in [0.25, 0.3) is 5.76 Å². The number of methoxy groups -OCH3 is 2. The van der Waals surface area contributed by atoms with E-state index in [1.54, 1.807) is 43.5 Å². The van der Waals surface area contributed by atoms with Crippen molar-refractivity contribution in [3.63, 3.8) is 0 Å². The van der Waals surface area contributed by atoms with Gasteiger partial charge in [-0.3, -0.25) is 9.59 Å². The van der Waals surface area contributed by atoms with Crippen LogP contribution in [0, 0.1) is 0 Å². The molecule has 0 saturated carbocycles. The molecule has 1 heterocycles. The Morgan fingerprint density at radius 2 is 1.78 bits per heavy atom. The number of Topliss-reactive ketones (excluding diaryl/α,β-unsaturated/α-hetero) is 1. The Morgan fingerprint density at radius 3 is 2.38 bits per heavy atom. The summed E-state index contributed by atoms with van der Waals surface area (Å²) in [4.78, 5) is 27.4. The Balaban J connectivity index is 2.11. The third-order valence-corrected chi connectivity index (χ3v) is 5.49. The van der Waals surface area contributed by atoms with Crippen molar-refractivity contribution in [3.05, 3.63) is 64.2 Å². The van der Waals surface area contributed by atoms with E-state index in [0.717, 1.165) is 0 Å². The third kappa shape index (κ3) is 4.74. The summed E-state index contributed by atoms with van der Waals surface area (Å²) in [5, 5.41) is 11.5. The Hall–Kier alpha value is -3.03. The molecule has 2 aromatic carbocycles. The molecule has 1 amide bonds. The molecule has 0 bridgehead atoms. The molecule has 1 fully saturated rings. The van der Waals surface area contributed by atoms with Gasteiger partial charge in [0.25, 0.3) is 11.7 Å². The molecule has 7 nitrogen and oxygen atoms in total. The summed E-state index contributed by atoms with van der Waals surface area (Å²) in [6, 6.07) is 10.9. The highest BCUT2D eigenvalue weighted by atomic mass is 35.5. The maximum absolute atomic E-state index is 13.0. The lowest BCUT2D eigenvalue weighted by molar-refractivity contribution is -0.140. The number of carbonyl (C=O) groups is 2. The Morgan fingerprint density at radius 1 is 1.09 bits per heavy atom. The molecular weight excluding hydrogens is 434 g/mol. The first kappa shape index (κ1) is 23.6. The molecule has 1 unspecified atom stereocenters. The van der Waals surface area contributed by atoms with Gasteiger partial charge in [0.15, 0.2) is 0 Å². The molecule has 0 aromatic heterocycles. The van der Waals surface area contributed by atoms with Crippen LogP contribution in [0.2, 0.25) is 5.02 Å². The number of hydrogen-bond acceptors (Lipinski definition) is 6. The summed E-state index contributed by atoms with van der Waals surface area (Å²) in [6.07, 6.45) is -0.0206. The van der Waals surface area contributed by atoms with Crippen LogP contribution in [0.5, 0.6) is 11.5 Å². The number of carbonyl (C=O) groups excluding carboxylic acids is 2. The van der Waals surface area contributed by atoms with Gasteiger partial charge in [-0.15, -0.1) is 0 Å². The first-order valence-electron chi connectivity index (χ1n) is 10.2. The minimum absolute atomic E-state index is 0.00547. The van der Waals surface area contributed by atoms with E-state index >= 15 is 0 Å². The van der Waals surface area contributed by atoms with Crippen LogP contribution in [0.4, 0.5) is 0 Å². The van der Waals surface area contributed by atoms with E-state index in [0.29, 0.717) is 27.6 Å². The zero-order chi connectivity index (χ0) is 23.4. The quantitative estimate of drug-likeness (QED) is 0.361. The molecular formula is C24H26ClNO6. The first-order valence-corrected chi connectivity index (χ1v) is 10.5. The number of ketones is 1. The molecule has 1 aliphatic rings. The summed E-state index contributed by atoms with van der Waals surface area (Å²) in [5.74, 6) is -0.776. The normalized spacial score (nSPS) is 17.8. The van der Waals surface area contributed by atoms with Gasteiger partial charge in [0.1, 0.15) is 17.3 Å². The lowest BCUT2D eigenvalue weighted by atomic mass is 9.95. The fourth-order valence-corrected chi connectivity index (χ4v) is 3.79. The molecule has 0 radical (unpaired) electrons. The summed E-state index contributed by atoms with van der Waals surface area (Å²) in [7, 11) is 3.01. The first-order chi connectivity index (χ1) is 15.3. The lowest BCUT2D eigenvalue weighted by Crippen LogP contribution is -2.33. The van der Waals surface area contributed by atoms with Gasteiger partial charge < -0.3 is 24.2 Å². The van der Waals surface area contributed by atoms with E-state index in [-0.39, 0.29) is 30.6 Å².